The van der Waals surface area contributed by atoms with E-state index in [1.165, 1.54) is 36.7 Å². The van der Waals surface area contributed by atoms with Gasteiger partial charge in [-0.15, -0.1) is 5.10 Å². The lowest BCUT2D eigenvalue weighted by Crippen LogP contribution is -2.28. The minimum absolute atomic E-state index is 0.0838. The van der Waals surface area contributed by atoms with Crippen molar-refractivity contribution in [3.05, 3.63) is 47.5 Å². The van der Waals surface area contributed by atoms with E-state index >= 15 is 0 Å². The molecule has 0 bridgehead atoms. The molecule has 8 heteroatoms. The van der Waals surface area contributed by atoms with Gasteiger partial charge in [0.05, 0.1) is 24.6 Å². The van der Waals surface area contributed by atoms with Crippen molar-refractivity contribution < 1.29 is 0 Å². The minimum Gasteiger partial charge on any atom is -0.265 e. The predicted molar refractivity (Wildman–Crippen MR) is 103 cm³/mol. The monoisotopic (exact) mass is 369 g/mol. The summed E-state index contributed by atoms with van der Waals surface area (Å²) < 4.78 is 5.13. The van der Waals surface area contributed by atoms with Crippen LogP contribution >= 0.6 is 0 Å². The molecule has 0 N–H and O–H groups in total. The third kappa shape index (κ3) is 4.32. The number of hydrogen-bond acceptors (Lipinski definition) is 5. The second-order valence-electron chi connectivity index (χ2n) is 6.69. The quantitative estimate of drug-likeness (QED) is 0.512. The average molecular weight is 369 g/mol. The van der Waals surface area contributed by atoms with E-state index in [0.717, 1.165) is 19.3 Å². The van der Waals surface area contributed by atoms with E-state index in [0.29, 0.717) is 11.5 Å². The molecule has 0 radical (unpaired) electrons. The van der Waals surface area contributed by atoms with Crippen LogP contribution in [-0.4, -0.2) is 34.3 Å². The number of hydrogen-bond donors (Lipinski definition) is 0. The molecule has 3 aromatic heterocycles. The summed E-state index contributed by atoms with van der Waals surface area (Å²) >= 11 is 0. The van der Waals surface area contributed by atoms with Crippen molar-refractivity contribution >= 4 is 0 Å². The Morgan fingerprint density at radius 2 is 1.96 bits per heavy atom. The van der Waals surface area contributed by atoms with Gasteiger partial charge >= 0.3 is 0 Å². The Labute approximate surface area is 158 Å². The summed E-state index contributed by atoms with van der Waals surface area (Å²) in [6.45, 7) is 4.34. The van der Waals surface area contributed by atoms with Crippen LogP contribution in [0.2, 0.25) is 0 Å². The molecule has 27 heavy (non-hydrogen) atoms. The Hall–Kier alpha value is -2.77. The first-order valence-corrected chi connectivity index (χ1v) is 9.73. The second-order valence-corrected chi connectivity index (χ2v) is 6.69. The Morgan fingerprint density at radius 3 is 2.63 bits per heavy atom. The molecule has 0 spiro atoms. The average Bonchev–Trinajstić information content (AvgIpc) is 3.34. The van der Waals surface area contributed by atoms with E-state index in [2.05, 4.69) is 34.1 Å². The van der Waals surface area contributed by atoms with Gasteiger partial charge in [-0.3, -0.25) is 4.79 Å². The highest BCUT2D eigenvalue weighted by Crippen LogP contribution is 2.21. The van der Waals surface area contributed by atoms with Gasteiger partial charge in [0, 0.05) is 12.3 Å². The van der Waals surface area contributed by atoms with Crippen LogP contribution in [0.15, 0.2) is 42.0 Å². The van der Waals surface area contributed by atoms with Crippen LogP contribution in [0.1, 0.15) is 64.8 Å². The molecule has 0 amide bonds. The molecule has 0 saturated carbocycles. The lowest BCUT2D eigenvalue weighted by atomic mass is 10.0. The number of rotatable bonds is 10. The number of unbranched alkanes of at least 4 members (excludes halogenated alkanes) is 4. The molecular formula is C19H27N7O. The van der Waals surface area contributed by atoms with Crippen molar-refractivity contribution in [3.8, 4) is 11.5 Å². The van der Waals surface area contributed by atoms with Crippen LogP contribution in [0.25, 0.3) is 11.5 Å². The molecule has 3 heterocycles. The summed E-state index contributed by atoms with van der Waals surface area (Å²) in [5.74, 6) is 0.665. The Kier molecular flexibility index (Phi) is 6.51. The van der Waals surface area contributed by atoms with Crippen LogP contribution in [0.3, 0.4) is 0 Å². The molecule has 3 rings (SSSR count). The van der Waals surface area contributed by atoms with Gasteiger partial charge in [-0.25, -0.2) is 24.0 Å². The molecule has 8 nitrogen and oxygen atoms in total. The highest BCUT2D eigenvalue weighted by Gasteiger charge is 2.21. The molecule has 3 aromatic rings. The third-order valence-electron chi connectivity index (χ3n) is 4.83. The first-order valence-electron chi connectivity index (χ1n) is 9.73. The van der Waals surface area contributed by atoms with Gasteiger partial charge in [-0.2, -0.15) is 0 Å². The van der Waals surface area contributed by atoms with E-state index in [9.17, 15) is 4.79 Å². The Balaban J connectivity index is 1.95. The van der Waals surface area contributed by atoms with Crippen LogP contribution in [-0.2, 0) is 0 Å². The standard InChI is InChI=1S/C19H27N7O/c1-3-5-6-7-8-9-16(4-2)26-19(27)17(24-13-12-22-23-24)14-25(26)18-10-11-20-15-21-18/h10-16H,3-9H2,1-2H3. The van der Waals surface area contributed by atoms with Crippen LogP contribution in [0, 0.1) is 0 Å². The zero-order chi connectivity index (χ0) is 19.1. The SMILES string of the molecule is CCCCCCCC(CC)n1c(=O)c(-n2ccnn2)cn1-c1ccncn1. The first-order chi connectivity index (χ1) is 13.3. The van der Waals surface area contributed by atoms with Gasteiger partial charge in [-0.05, 0) is 12.8 Å². The fraction of sp³-hybridized carbons (Fsp3) is 0.526. The third-order valence-corrected chi connectivity index (χ3v) is 4.83. The van der Waals surface area contributed by atoms with Crippen molar-refractivity contribution in [1.29, 1.82) is 0 Å². The maximum Gasteiger partial charge on any atom is 0.293 e. The van der Waals surface area contributed by atoms with E-state index in [4.69, 9.17) is 0 Å². The normalized spacial score (nSPS) is 12.4. The van der Waals surface area contributed by atoms with E-state index < -0.39 is 0 Å². The highest BCUT2D eigenvalue weighted by atomic mass is 16.1. The summed E-state index contributed by atoms with van der Waals surface area (Å²) in [5, 5.41) is 7.81. The van der Waals surface area contributed by atoms with E-state index in [1.54, 1.807) is 35.5 Å². The Bertz CT molecular complexity index is 867. The number of aromatic nitrogens is 7. The zero-order valence-corrected chi connectivity index (χ0v) is 16.0. The maximum atomic E-state index is 13.2. The highest BCUT2D eigenvalue weighted by molar-refractivity contribution is 5.30. The van der Waals surface area contributed by atoms with Crippen molar-refractivity contribution in [2.24, 2.45) is 0 Å². The molecule has 0 aliphatic heterocycles. The van der Waals surface area contributed by atoms with E-state index in [-0.39, 0.29) is 11.6 Å². The van der Waals surface area contributed by atoms with Crippen molar-refractivity contribution in [1.82, 2.24) is 34.3 Å². The van der Waals surface area contributed by atoms with E-state index in [1.807, 2.05) is 4.68 Å². The minimum atomic E-state index is -0.0838. The predicted octanol–water partition coefficient (Wildman–Crippen LogP) is 3.32. The second kappa shape index (κ2) is 9.25. The molecule has 0 aliphatic rings. The number of nitrogens with zero attached hydrogens (tertiary/aromatic N) is 7. The molecule has 1 atom stereocenters. The lowest BCUT2D eigenvalue weighted by Gasteiger charge is -2.20. The van der Waals surface area contributed by atoms with Crippen LogP contribution in [0.5, 0.6) is 0 Å². The molecule has 0 saturated heterocycles. The maximum absolute atomic E-state index is 13.2. The zero-order valence-electron chi connectivity index (χ0n) is 16.0. The summed E-state index contributed by atoms with van der Waals surface area (Å²) in [5.41, 5.74) is 0.384. The van der Waals surface area contributed by atoms with Gasteiger partial charge in [0.15, 0.2) is 11.5 Å². The van der Waals surface area contributed by atoms with Crippen molar-refractivity contribution in [2.75, 3.05) is 0 Å². The fourth-order valence-electron chi connectivity index (χ4n) is 3.36. The summed E-state index contributed by atoms with van der Waals surface area (Å²) in [4.78, 5) is 21.5. The van der Waals surface area contributed by atoms with Gasteiger partial charge in [0.2, 0.25) is 0 Å². The van der Waals surface area contributed by atoms with Crippen LogP contribution < -0.4 is 5.56 Å². The molecule has 0 fully saturated rings. The summed E-state index contributed by atoms with van der Waals surface area (Å²) in [6, 6.07) is 1.90. The smallest absolute Gasteiger partial charge is 0.265 e. The van der Waals surface area contributed by atoms with Gasteiger partial charge in [0.25, 0.3) is 5.56 Å². The van der Waals surface area contributed by atoms with Gasteiger partial charge in [-0.1, -0.05) is 51.2 Å². The van der Waals surface area contributed by atoms with Gasteiger partial charge in [0.1, 0.15) is 6.33 Å². The van der Waals surface area contributed by atoms with Gasteiger partial charge < -0.3 is 0 Å². The first kappa shape index (κ1) is 19.0. The summed E-state index contributed by atoms with van der Waals surface area (Å²) in [6.07, 6.45) is 16.1. The lowest BCUT2D eigenvalue weighted by molar-refractivity contribution is 0.359. The molecule has 0 aromatic carbocycles. The summed E-state index contributed by atoms with van der Waals surface area (Å²) in [7, 11) is 0. The van der Waals surface area contributed by atoms with Crippen molar-refractivity contribution in [3.63, 3.8) is 0 Å². The fourth-order valence-corrected chi connectivity index (χ4v) is 3.36. The molecule has 0 aliphatic carbocycles. The van der Waals surface area contributed by atoms with Crippen LogP contribution in [0.4, 0.5) is 0 Å². The Morgan fingerprint density at radius 1 is 1.11 bits per heavy atom. The molecular weight excluding hydrogens is 342 g/mol. The molecule has 144 valence electrons. The largest absolute Gasteiger partial charge is 0.293 e. The van der Waals surface area contributed by atoms with Crippen molar-refractivity contribution in [2.45, 2.75) is 64.8 Å². The molecule has 1 unspecified atom stereocenters. The topological polar surface area (TPSA) is 83.4 Å².